The van der Waals surface area contributed by atoms with Gasteiger partial charge >= 0.3 is 0 Å². The highest BCUT2D eigenvalue weighted by Gasteiger charge is 2.26. The van der Waals surface area contributed by atoms with Crippen LogP contribution in [0.4, 0.5) is 0 Å². The Morgan fingerprint density at radius 1 is 1.15 bits per heavy atom. The fraction of sp³-hybridized carbons (Fsp3) is 0.467. The maximum absolute atomic E-state index is 5.66. The molecular weight excluding hydrogens is 254 g/mol. The number of ether oxygens (including phenoxy) is 2. The Kier molecular flexibility index (Phi) is 3.58. The van der Waals surface area contributed by atoms with Crippen molar-refractivity contribution in [3.8, 4) is 22.9 Å². The number of hydrogen-bond acceptors (Lipinski definition) is 4. The van der Waals surface area contributed by atoms with E-state index < -0.39 is 0 Å². The van der Waals surface area contributed by atoms with Crippen LogP contribution in [0.1, 0.15) is 32.7 Å². The van der Waals surface area contributed by atoms with Crippen LogP contribution in [0.25, 0.3) is 11.4 Å². The van der Waals surface area contributed by atoms with Crippen LogP contribution in [-0.2, 0) is 0 Å². The van der Waals surface area contributed by atoms with Crippen molar-refractivity contribution >= 4 is 0 Å². The van der Waals surface area contributed by atoms with E-state index in [-0.39, 0.29) is 0 Å². The van der Waals surface area contributed by atoms with Crippen LogP contribution in [0.5, 0.6) is 11.5 Å². The molecule has 5 nitrogen and oxygen atoms in total. The van der Waals surface area contributed by atoms with Crippen molar-refractivity contribution in [1.82, 2.24) is 14.8 Å². The molecule has 0 atom stereocenters. The lowest BCUT2D eigenvalue weighted by molar-refractivity contribution is 0.288. The highest BCUT2D eigenvalue weighted by molar-refractivity contribution is 5.61. The summed E-state index contributed by atoms with van der Waals surface area (Å²) in [6.45, 7) is 5.17. The van der Waals surface area contributed by atoms with Crippen LogP contribution >= 0.6 is 0 Å². The number of rotatable bonds is 6. The Bertz CT molecular complexity index is 591. The maximum Gasteiger partial charge on any atom is 0.164 e. The molecule has 1 aliphatic rings. The summed E-state index contributed by atoms with van der Waals surface area (Å²) >= 11 is 0. The van der Waals surface area contributed by atoms with Gasteiger partial charge in [-0.15, -0.1) is 10.2 Å². The van der Waals surface area contributed by atoms with E-state index in [4.69, 9.17) is 9.47 Å². The predicted octanol–water partition coefficient (Wildman–Crippen LogP) is 3.08. The molecular formula is C15H19N3O2. The average molecular weight is 273 g/mol. The summed E-state index contributed by atoms with van der Waals surface area (Å²) in [4.78, 5) is 0. The summed E-state index contributed by atoms with van der Waals surface area (Å²) in [5.74, 6) is 2.43. The minimum atomic E-state index is 0.558. The molecule has 5 heteroatoms. The number of nitrogens with zero attached hydrogens (tertiary/aromatic N) is 3. The highest BCUT2D eigenvalue weighted by Crippen LogP contribution is 2.39. The van der Waals surface area contributed by atoms with Gasteiger partial charge in [-0.1, -0.05) is 0 Å². The van der Waals surface area contributed by atoms with Gasteiger partial charge in [-0.2, -0.15) is 0 Å². The zero-order valence-electron chi connectivity index (χ0n) is 11.9. The van der Waals surface area contributed by atoms with Gasteiger partial charge in [-0.05, 0) is 44.9 Å². The lowest BCUT2D eigenvalue weighted by atomic mass is 10.2. The van der Waals surface area contributed by atoms with Gasteiger partial charge < -0.3 is 14.0 Å². The third kappa shape index (κ3) is 2.48. The van der Waals surface area contributed by atoms with Gasteiger partial charge in [-0.25, -0.2) is 0 Å². The van der Waals surface area contributed by atoms with Gasteiger partial charge in [0, 0.05) is 11.6 Å². The second-order valence-corrected chi connectivity index (χ2v) is 4.82. The van der Waals surface area contributed by atoms with Crippen LogP contribution in [0.15, 0.2) is 24.5 Å². The van der Waals surface area contributed by atoms with Crippen LogP contribution in [0.2, 0.25) is 0 Å². The summed E-state index contributed by atoms with van der Waals surface area (Å²) in [5, 5.41) is 8.28. The van der Waals surface area contributed by atoms with Crippen LogP contribution in [0, 0.1) is 0 Å². The van der Waals surface area contributed by atoms with Gasteiger partial charge in [-0.3, -0.25) is 0 Å². The summed E-state index contributed by atoms with van der Waals surface area (Å²) < 4.78 is 13.4. The molecule has 1 saturated carbocycles. The monoisotopic (exact) mass is 273 g/mol. The van der Waals surface area contributed by atoms with E-state index in [1.807, 2.05) is 38.4 Å². The van der Waals surface area contributed by atoms with Gasteiger partial charge in [0.05, 0.1) is 13.2 Å². The number of hydrogen-bond donors (Lipinski definition) is 0. The molecule has 1 fully saturated rings. The first-order valence-corrected chi connectivity index (χ1v) is 7.13. The smallest absolute Gasteiger partial charge is 0.164 e. The zero-order valence-corrected chi connectivity index (χ0v) is 11.9. The summed E-state index contributed by atoms with van der Waals surface area (Å²) in [5.41, 5.74) is 1.02. The quantitative estimate of drug-likeness (QED) is 0.811. The third-order valence-corrected chi connectivity index (χ3v) is 3.31. The minimum Gasteiger partial charge on any atom is -0.490 e. The van der Waals surface area contributed by atoms with Gasteiger partial charge in [0.15, 0.2) is 17.3 Å². The average Bonchev–Trinajstić information content (AvgIpc) is 3.19. The van der Waals surface area contributed by atoms with E-state index >= 15 is 0 Å². The summed E-state index contributed by atoms with van der Waals surface area (Å²) in [7, 11) is 0. The van der Waals surface area contributed by atoms with E-state index in [1.54, 1.807) is 0 Å². The standard InChI is InChI=1S/C15H19N3O2/c1-3-19-13-8-5-11(9-14(13)20-4-2)15-17-16-10-18(15)12-6-7-12/h5,8-10,12H,3-4,6-7H2,1-2H3. The minimum absolute atomic E-state index is 0.558. The normalized spacial score (nSPS) is 14.3. The lowest BCUT2D eigenvalue weighted by Gasteiger charge is -2.12. The van der Waals surface area contributed by atoms with Crippen molar-refractivity contribution in [2.24, 2.45) is 0 Å². The van der Waals surface area contributed by atoms with Crippen LogP contribution < -0.4 is 9.47 Å². The fourth-order valence-corrected chi connectivity index (χ4v) is 2.26. The molecule has 20 heavy (non-hydrogen) atoms. The van der Waals surface area contributed by atoms with E-state index in [0.717, 1.165) is 22.9 Å². The molecule has 1 aromatic carbocycles. The van der Waals surface area contributed by atoms with Gasteiger partial charge in [0.1, 0.15) is 6.33 Å². The molecule has 0 aliphatic heterocycles. The Labute approximate surface area is 118 Å². The Morgan fingerprint density at radius 2 is 1.90 bits per heavy atom. The first-order valence-electron chi connectivity index (χ1n) is 7.13. The number of aromatic nitrogens is 3. The molecule has 3 rings (SSSR count). The van der Waals surface area contributed by atoms with Crippen molar-refractivity contribution in [2.45, 2.75) is 32.7 Å². The first kappa shape index (κ1) is 13.0. The third-order valence-electron chi connectivity index (χ3n) is 3.31. The van der Waals surface area contributed by atoms with Gasteiger partial charge in [0.25, 0.3) is 0 Å². The zero-order chi connectivity index (χ0) is 13.9. The predicted molar refractivity (Wildman–Crippen MR) is 76.1 cm³/mol. The molecule has 0 bridgehead atoms. The molecule has 0 unspecified atom stereocenters. The molecule has 1 aliphatic carbocycles. The Morgan fingerprint density at radius 3 is 2.60 bits per heavy atom. The molecule has 0 amide bonds. The Balaban J connectivity index is 1.96. The van der Waals surface area contributed by atoms with E-state index in [1.165, 1.54) is 12.8 Å². The van der Waals surface area contributed by atoms with Crippen molar-refractivity contribution in [3.63, 3.8) is 0 Å². The van der Waals surface area contributed by atoms with E-state index in [0.29, 0.717) is 19.3 Å². The van der Waals surface area contributed by atoms with E-state index in [2.05, 4.69) is 14.8 Å². The SMILES string of the molecule is CCOc1ccc(-c2nncn2C2CC2)cc1OCC. The second kappa shape index (κ2) is 5.53. The molecule has 2 aromatic rings. The molecule has 1 aromatic heterocycles. The van der Waals surface area contributed by atoms with Crippen molar-refractivity contribution in [1.29, 1.82) is 0 Å². The molecule has 1 heterocycles. The first-order chi connectivity index (χ1) is 9.83. The molecule has 0 spiro atoms. The van der Waals surface area contributed by atoms with Crippen LogP contribution in [-0.4, -0.2) is 28.0 Å². The summed E-state index contributed by atoms with van der Waals surface area (Å²) in [6, 6.07) is 6.49. The lowest BCUT2D eigenvalue weighted by Crippen LogP contribution is -2.00. The van der Waals surface area contributed by atoms with E-state index in [9.17, 15) is 0 Å². The van der Waals surface area contributed by atoms with Crippen molar-refractivity contribution < 1.29 is 9.47 Å². The molecule has 0 saturated heterocycles. The van der Waals surface area contributed by atoms with Crippen molar-refractivity contribution in [2.75, 3.05) is 13.2 Å². The van der Waals surface area contributed by atoms with Gasteiger partial charge in [0.2, 0.25) is 0 Å². The van der Waals surface area contributed by atoms with Crippen LogP contribution in [0.3, 0.4) is 0 Å². The Hall–Kier alpha value is -2.04. The topological polar surface area (TPSA) is 49.2 Å². The largest absolute Gasteiger partial charge is 0.490 e. The van der Waals surface area contributed by atoms with Crippen molar-refractivity contribution in [3.05, 3.63) is 24.5 Å². The fourth-order valence-electron chi connectivity index (χ4n) is 2.26. The second-order valence-electron chi connectivity index (χ2n) is 4.82. The number of benzene rings is 1. The summed E-state index contributed by atoms with van der Waals surface area (Å²) in [6.07, 6.45) is 4.23. The molecule has 106 valence electrons. The maximum atomic E-state index is 5.66. The molecule has 0 N–H and O–H groups in total. The highest BCUT2D eigenvalue weighted by atomic mass is 16.5. The molecule has 0 radical (unpaired) electrons.